The maximum absolute atomic E-state index is 15.3. The summed E-state index contributed by atoms with van der Waals surface area (Å²) in [7, 11) is 0. The minimum Gasteiger partial charge on any atom is -0.342 e. The van der Waals surface area contributed by atoms with Crippen LogP contribution in [-0.2, 0) is 13.0 Å². The molecule has 0 saturated carbocycles. The number of hydrogen-bond acceptors (Lipinski definition) is 2. The summed E-state index contributed by atoms with van der Waals surface area (Å²) >= 11 is 1.56. The van der Waals surface area contributed by atoms with Crippen molar-refractivity contribution in [2.24, 2.45) is 0 Å². The van der Waals surface area contributed by atoms with Crippen LogP contribution in [-0.4, -0.2) is 10.8 Å². The summed E-state index contributed by atoms with van der Waals surface area (Å²) in [5.41, 5.74) is 0.951. The summed E-state index contributed by atoms with van der Waals surface area (Å²) in [5.74, 6) is -1.40. The van der Waals surface area contributed by atoms with Gasteiger partial charge in [-0.15, -0.1) is 11.8 Å². The number of nitrogens with zero attached hydrogens (tertiary/aromatic N) is 1. The van der Waals surface area contributed by atoms with Crippen LogP contribution in [0, 0.1) is 11.6 Å². The van der Waals surface area contributed by atoms with Crippen LogP contribution < -0.4 is 5.43 Å². The van der Waals surface area contributed by atoms with Gasteiger partial charge in [-0.3, -0.25) is 4.79 Å². The zero-order chi connectivity index (χ0) is 18.1. The molecule has 3 rings (SSSR count). The molecule has 0 aliphatic carbocycles. The second-order valence-electron chi connectivity index (χ2n) is 5.77. The van der Waals surface area contributed by atoms with Gasteiger partial charge in [-0.2, -0.15) is 0 Å². The highest BCUT2D eigenvalue weighted by atomic mass is 32.2. The Bertz CT molecular complexity index is 993. The Labute approximate surface area is 149 Å². The van der Waals surface area contributed by atoms with E-state index < -0.39 is 11.6 Å². The average molecular weight is 359 g/mol. The molecule has 25 heavy (non-hydrogen) atoms. The predicted octanol–water partition coefficient (Wildman–Crippen LogP) is 5.25. The van der Waals surface area contributed by atoms with Gasteiger partial charge in [0.1, 0.15) is 5.82 Å². The lowest BCUT2D eigenvalue weighted by atomic mass is 10.0. The molecule has 2 aromatic carbocycles. The van der Waals surface area contributed by atoms with Crippen LogP contribution in [0.3, 0.4) is 0 Å². The van der Waals surface area contributed by atoms with E-state index in [9.17, 15) is 9.18 Å². The number of rotatable bonds is 4. The Morgan fingerprint density at radius 2 is 1.76 bits per heavy atom. The summed E-state index contributed by atoms with van der Waals surface area (Å²) in [6.45, 7) is 4.31. The predicted molar refractivity (Wildman–Crippen MR) is 100 cm³/mol. The number of thioether (sulfide) groups is 1. The van der Waals surface area contributed by atoms with E-state index in [1.807, 2.05) is 32.2 Å². The van der Waals surface area contributed by atoms with Crippen molar-refractivity contribution in [3.8, 4) is 11.1 Å². The van der Waals surface area contributed by atoms with Crippen LogP contribution in [0.2, 0.25) is 0 Å². The summed E-state index contributed by atoms with van der Waals surface area (Å²) < 4.78 is 31.7. The number of halogens is 2. The quantitative estimate of drug-likeness (QED) is 0.594. The summed E-state index contributed by atoms with van der Waals surface area (Å²) in [6.07, 6.45) is 2.55. The van der Waals surface area contributed by atoms with Crippen LogP contribution in [0.25, 0.3) is 22.0 Å². The summed E-state index contributed by atoms with van der Waals surface area (Å²) in [4.78, 5) is 13.3. The molecule has 0 atom stereocenters. The van der Waals surface area contributed by atoms with E-state index in [0.717, 1.165) is 16.7 Å². The van der Waals surface area contributed by atoms with Crippen molar-refractivity contribution >= 4 is 22.7 Å². The van der Waals surface area contributed by atoms with Gasteiger partial charge in [0.2, 0.25) is 0 Å². The van der Waals surface area contributed by atoms with Gasteiger partial charge >= 0.3 is 0 Å². The highest BCUT2D eigenvalue weighted by molar-refractivity contribution is 7.98. The van der Waals surface area contributed by atoms with E-state index in [-0.39, 0.29) is 21.9 Å². The number of fused-ring (bicyclic) bond motifs is 1. The van der Waals surface area contributed by atoms with Gasteiger partial charge < -0.3 is 4.57 Å². The van der Waals surface area contributed by atoms with Crippen LogP contribution in [0.5, 0.6) is 0 Å². The Morgan fingerprint density at radius 3 is 2.32 bits per heavy atom. The minimum absolute atomic E-state index is 0.0820. The average Bonchev–Trinajstić information content (AvgIpc) is 2.62. The fraction of sp³-hybridized carbons (Fsp3) is 0.250. The number of pyridine rings is 1. The molecule has 0 amide bonds. The van der Waals surface area contributed by atoms with Crippen molar-refractivity contribution in [1.29, 1.82) is 0 Å². The third kappa shape index (κ3) is 2.97. The fourth-order valence-electron chi connectivity index (χ4n) is 3.19. The molecule has 0 unspecified atom stereocenters. The van der Waals surface area contributed by atoms with Crippen molar-refractivity contribution in [1.82, 2.24) is 4.57 Å². The highest BCUT2D eigenvalue weighted by Gasteiger charge is 2.20. The molecule has 0 N–H and O–H groups in total. The first-order valence-electron chi connectivity index (χ1n) is 8.20. The molecule has 0 fully saturated rings. The van der Waals surface area contributed by atoms with Crippen LogP contribution in [0.4, 0.5) is 8.78 Å². The maximum Gasteiger partial charge on any atom is 0.189 e. The van der Waals surface area contributed by atoms with Gasteiger partial charge in [-0.1, -0.05) is 19.1 Å². The Hall–Kier alpha value is -2.14. The van der Waals surface area contributed by atoms with E-state index in [0.29, 0.717) is 18.5 Å². The molecular formula is C20H19F2NOS. The molecule has 0 bridgehead atoms. The molecule has 0 aliphatic rings. The molecule has 0 radical (unpaired) electrons. The molecule has 5 heteroatoms. The van der Waals surface area contributed by atoms with Crippen LogP contribution in [0.1, 0.15) is 19.5 Å². The van der Waals surface area contributed by atoms with E-state index >= 15 is 4.39 Å². The lowest BCUT2D eigenvalue weighted by Gasteiger charge is -2.17. The van der Waals surface area contributed by atoms with E-state index in [4.69, 9.17) is 0 Å². The van der Waals surface area contributed by atoms with Gasteiger partial charge in [-0.25, -0.2) is 8.78 Å². The van der Waals surface area contributed by atoms with E-state index in [2.05, 4.69) is 0 Å². The molecule has 1 heterocycles. The van der Waals surface area contributed by atoms with Crippen molar-refractivity contribution in [2.75, 3.05) is 6.26 Å². The molecule has 0 saturated heterocycles. The first kappa shape index (κ1) is 17.7. The van der Waals surface area contributed by atoms with Gasteiger partial charge in [0.25, 0.3) is 0 Å². The Balaban J connectivity index is 2.39. The van der Waals surface area contributed by atoms with Gasteiger partial charge in [0, 0.05) is 23.2 Å². The normalized spacial score (nSPS) is 11.2. The first-order valence-corrected chi connectivity index (χ1v) is 9.43. The van der Waals surface area contributed by atoms with Gasteiger partial charge in [-0.05, 0) is 43.4 Å². The van der Waals surface area contributed by atoms with Crippen molar-refractivity contribution in [2.45, 2.75) is 31.7 Å². The number of aryl methyl sites for hydroxylation is 2. The van der Waals surface area contributed by atoms with Crippen LogP contribution in [0.15, 0.2) is 46.1 Å². The zero-order valence-electron chi connectivity index (χ0n) is 14.4. The largest absolute Gasteiger partial charge is 0.342 e. The smallest absolute Gasteiger partial charge is 0.189 e. The Morgan fingerprint density at radius 1 is 1.08 bits per heavy atom. The van der Waals surface area contributed by atoms with Gasteiger partial charge in [0.05, 0.1) is 16.5 Å². The van der Waals surface area contributed by atoms with Crippen molar-refractivity contribution in [3.05, 3.63) is 63.9 Å². The molecule has 130 valence electrons. The highest BCUT2D eigenvalue weighted by Crippen LogP contribution is 2.32. The zero-order valence-corrected chi connectivity index (χ0v) is 15.2. The first-order chi connectivity index (χ1) is 12.0. The SMILES string of the molecule is CCc1cc(=O)c2cc(F)c(-c3ccc(SC)cc3)c(F)c2n1CC. The molecule has 0 aliphatic heterocycles. The molecule has 3 aromatic rings. The Kier molecular flexibility index (Phi) is 4.95. The van der Waals surface area contributed by atoms with Crippen LogP contribution >= 0.6 is 11.8 Å². The number of benzene rings is 2. The maximum atomic E-state index is 15.3. The van der Waals surface area contributed by atoms with Crippen molar-refractivity contribution < 1.29 is 8.78 Å². The lowest BCUT2D eigenvalue weighted by Crippen LogP contribution is -2.15. The van der Waals surface area contributed by atoms with E-state index in [1.54, 1.807) is 28.5 Å². The molecule has 0 spiro atoms. The van der Waals surface area contributed by atoms with E-state index in [1.165, 1.54) is 6.07 Å². The second kappa shape index (κ2) is 7.00. The van der Waals surface area contributed by atoms with Crippen molar-refractivity contribution in [3.63, 3.8) is 0 Å². The molecular weight excluding hydrogens is 340 g/mol. The third-order valence-corrected chi connectivity index (χ3v) is 5.17. The number of aromatic nitrogens is 1. The molecule has 1 aromatic heterocycles. The lowest BCUT2D eigenvalue weighted by molar-refractivity contribution is 0.588. The standard InChI is InChI=1S/C20H19F2NOS/c1-4-13-10-17(24)15-11-16(21)18(19(22)20(15)23(13)5-2)12-6-8-14(25-3)9-7-12/h6-11H,4-5H2,1-3H3. The topological polar surface area (TPSA) is 22.0 Å². The second-order valence-corrected chi connectivity index (χ2v) is 6.65. The fourth-order valence-corrected chi connectivity index (χ4v) is 3.60. The number of hydrogen-bond donors (Lipinski definition) is 0. The monoisotopic (exact) mass is 359 g/mol. The van der Waals surface area contributed by atoms with Gasteiger partial charge in [0.15, 0.2) is 11.2 Å². The summed E-state index contributed by atoms with van der Waals surface area (Å²) in [5, 5.41) is 0.0820. The molecule has 2 nitrogen and oxygen atoms in total. The third-order valence-electron chi connectivity index (χ3n) is 4.43. The minimum atomic E-state index is -0.717. The summed E-state index contributed by atoms with van der Waals surface area (Å²) in [6, 6.07) is 9.70.